The molecule has 2 heterocycles. The average Bonchev–Trinajstić information content (AvgIpc) is 3.12. The molecule has 0 unspecified atom stereocenters. The molecule has 1 amide bonds. The van der Waals surface area contributed by atoms with Gasteiger partial charge in [0, 0.05) is 24.5 Å². The molecule has 2 aromatic rings. The number of morpholine rings is 1. The first kappa shape index (κ1) is 25.4. The molecule has 0 saturated carbocycles. The van der Waals surface area contributed by atoms with E-state index in [-0.39, 0.29) is 35.8 Å². The summed E-state index contributed by atoms with van der Waals surface area (Å²) < 4.78 is 41.9. The number of esters is 2. The Morgan fingerprint density at radius 1 is 1.06 bits per heavy atom. The number of hydrogen-bond donors (Lipinski definition) is 2. The van der Waals surface area contributed by atoms with Gasteiger partial charge in [-0.05, 0) is 50.6 Å². The minimum absolute atomic E-state index is 0.0611. The Hall–Kier alpha value is -3.22. The van der Waals surface area contributed by atoms with Crippen molar-refractivity contribution in [1.82, 2.24) is 9.29 Å². The number of amides is 1. The number of anilines is 1. The zero-order valence-corrected chi connectivity index (χ0v) is 20.0. The van der Waals surface area contributed by atoms with Gasteiger partial charge in [-0.3, -0.25) is 4.79 Å². The number of aromatic amines is 1. The number of benzene rings is 1. The molecule has 0 spiro atoms. The van der Waals surface area contributed by atoms with E-state index >= 15 is 0 Å². The number of nitrogens with one attached hydrogen (secondary N) is 2. The van der Waals surface area contributed by atoms with E-state index < -0.39 is 34.5 Å². The highest BCUT2D eigenvalue weighted by molar-refractivity contribution is 7.89. The van der Waals surface area contributed by atoms with Crippen molar-refractivity contribution in [3.8, 4) is 0 Å². The molecular weight excluding hydrogens is 466 g/mol. The van der Waals surface area contributed by atoms with Crippen LogP contribution in [0.25, 0.3) is 0 Å². The Bertz CT molecular complexity index is 1170. The summed E-state index contributed by atoms with van der Waals surface area (Å²) in [6.07, 6.45) is 0. The van der Waals surface area contributed by atoms with Gasteiger partial charge in [-0.1, -0.05) is 0 Å². The van der Waals surface area contributed by atoms with Crippen molar-refractivity contribution in [2.24, 2.45) is 0 Å². The van der Waals surface area contributed by atoms with Crippen molar-refractivity contribution >= 4 is 33.6 Å². The second kappa shape index (κ2) is 10.8. The van der Waals surface area contributed by atoms with Crippen LogP contribution in [0.1, 0.15) is 39.0 Å². The predicted molar refractivity (Wildman–Crippen MR) is 121 cm³/mol. The third-order valence-corrected chi connectivity index (χ3v) is 7.11. The van der Waals surface area contributed by atoms with Gasteiger partial charge in [-0.25, -0.2) is 18.0 Å². The zero-order chi connectivity index (χ0) is 24.9. The van der Waals surface area contributed by atoms with Crippen LogP contribution in [-0.2, 0) is 29.0 Å². The van der Waals surface area contributed by atoms with Crippen LogP contribution in [0.5, 0.6) is 0 Å². The minimum Gasteiger partial charge on any atom is -0.462 e. The highest BCUT2D eigenvalue weighted by atomic mass is 32.2. The number of aromatic nitrogens is 1. The lowest BCUT2D eigenvalue weighted by Gasteiger charge is -2.26. The summed E-state index contributed by atoms with van der Waals surface area (Å²) in [5, 5.41) is 2.54. The Balaban J connectivity index is 1.58. The number of carbonyl (C=O) groups excluding carboxylic acids is 3. The third kappa shape index (κ3) is 5.64. The van der Waals surface area contributed by atoms with Crippen molar-refractivity contribution in [2.45, 2.75) is 25.7 Å². The van der Waals surface area contributed by atoms with Crippen molar-refractivity contribution in [3.63, 3.8) is 0 Å². The first-order valence-electron chi connectivity index (χ1n) is 10.7. The van der Waals surface area contributed by atoms with Gasteiger partial charge in [-0.2, -0.15) is 4.31 Å². The van der Waals surface area contributed by atoms with Crippen LogP contribution in [0.4, 0.5) is 5.69 Å². The lowest BCUT2D eigenvalue weighted by Crippen LogP contribution is -2.40. The summed E-state index contributed by atoms with van der Waals surface area (Å²) in [6, 6.07) is 5.71. The maximum absolute atomic E-state index is 12.7. The van der Waals surface area contributed by atoms with E-state index in [0.717, 1.165) is 0 Å². The maximum Gasteiger partial charge on any atom is 0.355 e. The molecule has 0 bridgehead atoms. The fourth-order valence-electron chi connectivity index (χ4n) is 3.51. The van der Waals surface area contributed by atoms with Crippen LogP contribution in [-0.4, -0.2) is 75.1 Å². The Morgan fingerprint density at radius 3 is 2.32 bits per heavy atom. The van der Waals surface area contributed by atoms with Crippen molar-refractivity contribution < 1.29 is 37.0 Å². The van der Waals surface area contributed by atoms with E-state index in [1.165, 1.54) is 28.6 Å². The van der Waals surface area contributed by atoms with Gasteiger partial charge in [0.25, 0.3) is 5.91 Å². The molecule has 184 valence electrons. The summed E-state index contributed by atoms with van der Waals surface area (Å²) >= 11 is 0. The SMILES string of the molecule is CCOC(=O)c1c(C)[nH]c(C(=O)OCC(=O)Nc2ccc(S(=O)(=O)N3CCOCC3)cc2)c1C. The lowest BCUT2D eigenvalue weighted by molar-refractivity contribution is -0.119. The second-order valence-electron chi connectivity index (χ2n) is 7.51. The molecule has 2 N–H and O–H groups in total. The molecule has 1 saturated heterocycles. The summed E-state index contributed by atoms with van der Waals surface area (Å²) in [5.41, 5.74) is 1.49. The fraction of sp³-hybridized carbons (Fsp3) is 0.409. The standard InChI is InChI=1S/C22H27N3O8S/c1-4-32-21(27)19-14(2)20(23-15(19)3)22(28)33-13-18(26)24-16-5-7-17(8-6-16)34(29,30)25-9-11-31-12-10-25/h5-8,23H,4,9-13H2,1-3H3,(H,24,26). The zero-order valence-electron chi connectivity index (χ0n) is 19.2. The average molecular weight is 494 g/mol. The normalized spacial score (nSPS) is 14.4. The van der Waals surface area contributed by atoms with E-state index in [0.29, 0.717) is 30.2 Å². The number of aryl methyl sites for hydroxylation is 1. The molecule has 1 aromatic heterocycles. The van der Waals surface area contributed by atoms with Gasteiger partial charge in [-0.15, -0.1) is 0 Å². The highest BCUT2D eigenvalue weighted by Gasteiger charge is 2.26. The maximum atomic E-state index is 12.7. The molecule has 0 atom stereocenters. The van der Waals surface area contributed by atoms with Gasteiger partial charge >= 0.3 is 11.9 Å². The molecule has 34 heavy (non-hydrogen) atoms. The van der Waals surface area contributed by atoms with Gasteiger partial charge in [0.1, 0.15) is 5.69 Å². The van der Waals surface area contributed by atoms with Crippen molar-refractivity contribution in [3.05, 3.63) is 46.8 Å². The third-order valence-electron chi connectivity index (χ3n) is 5.20. The molecule has 1 aliphatic rings. The number of H-pyrrole nitrogens is 1. The van der Waals surface area contributed by atoms with Gasteiger partial charge in [0.2, 0.25) is 10.0 Å². The second-order valence-corrected chi connectivity index (χ2v) is 9.45. The van der Waals surface area contributed by atoms with Gasteiger partial charge in [0.05, 0.1) is 30.3 Å². The van der Waals surface area contributed by atoms with E-state index in [1.807, 2.05) is 0 Å². The molecule has 0 aliphatic carbocycles. The van der Waals surface area contributed by atoms with Crippen LogP contribution in [0.15, 0.2) is 29.2 Å². The number of hydrogen-bond acceptors (Lipinski definition) is 8. The first-order chi connectivity index (χ1) is 16.1. The van der Waals surface area contributed by atoms with Crippen LogP contribution >= 0.6 is 0 Å². The highest BCUT2D eigenvalue weighted by Crippen LogP contribution is 2.21. The van der Waals surface area contributed by atoms with E-state index in [2.05, 4.69) is 10.3 Å². The molecule has 1 aromatic carbocycles. The number of carbonyl (C=O) groups is 3. The van der Waals surface area contributed by atoms with Crippen LogP contribution in [0, 0.1) is 13.8 Å². The van der Waals surface area contributed by atoms with Crippen LogP contribution in [0.2, 0.25) is 0 Å². The molecular formula is C22H27N3O8S. The van der Waals surface area contributed by atoms with Crippen molar-refractivity contribution in [2.75, 3.05) is 44.8 Å². The molecule has 1 aliphatic heterocycles. The molecule has 12 heteroatoms. The molecule has 11 nitrogen and oxygen atoms in total. The quantitative estimate of drug-likeness (QED) is 0.528. The summed E-state index contributed by atoms with van der Waals surface area (Å²) in [5.74, 6) is -1.95. The number of rotatable bonds is 8. The first-order valence-corrected chi connectivity index (χ1v) is 12.1. The monoisotopic (exact) mass is 493 g/mol. The lowest BCUT2D eigenvalue weighted by atomic mass is 10.1. The Kier molecular flexibility index (Phi) is 8.07. The van der Waals surface area contributed by atoms with Gasteiger partial charge < -0.3 is 24.5 Å². The molecule has 3 rings (SSSR count). The summed E-state index contributed by atoms with van der Waals surface area (Å²) in [4.78, 5) is 39.6. The largest absolute Gasteiger partial charge is 0.462 e. The molecule has 1 fully saturated rings. The van der Waals surface area contributed by atoms with Crippen molar-refractivity contribution in [1.29, 1.82) is 0 Å². The predicted octanol–water partition coefficient (Wildman–Crippen LogP) is 1.62. The smallest absolute Gasteiger partial charge is 0.355 e. The summed E-state index contributed by atoms with van der Waals surface area (Å²) in [7, 11) is -3.64. The number of sulfonamides is 1. The van der Waals surface area contributed by atoms with Crippen LogP contribution in [0.3, 0.4) is 0 Å². The van der Waals surface area contributed by atoms with E-state index in [9.17, 15) is 22.8 Å². The molecule has 0 radical (unpaired) electrons. The van der Waals surface area contributed by atoms with Gasteiger partial charge in [0.15, 0.2) is 6.61 Å². The Morgan fingerprint density at radius 2 is 1.71 bits per heavy atom. The number of ether oxygens (including phenoxy) is 3. The fourth-order valence-corrected chi connectivity index (χ4v) is 4.92. The number of nitrogens with zero attached hydrogens (tertiary/aromatic N) is 1. The van der Waals surface area contributed by atoms with E-state index in [4.69, 9.17) is 14.2 Å². The Labute approximate surface area is 197 Å². The topological polar surface area (TPSA) is 144 Å². The summed E-state index contributed by atoms with van der Waals surface area (Å²) in [6.45, 7) is 5.78. The van der Waals surface area contributed by atoms with Crippen LogP contribution < -0.4 is 5.32 Å². The minimum atomic E-state index is -3.64. The van der Waals surface area contributed by atoms with E-state index in [1.54, 1.807) is 20.8 Å².